The Bertz CT molecular complexity index is 951. The summed E-state index contributed by atoms with van der Waals surface area (Å²) >= 11 is 0. The monoisotopic (exact) mass is 349 g/mol. The number of aromatic nitrogens is 3. The molecule has 0 aliphatic rings. The van der Waals surface area contributed by atoms with Crippen molar-refractivity contribution >= 4 is 17.7 Å². The van der Waals surface area contributed by atoms with Gasteiger partial charge in [0.2, 0.25) is 5.91 Å². The highest BCUT2D eigenvalue weighted by Crippen LogP contribution is 2.14. The summed E-state index contributed by atoms with van der Waals surface area (Å²) < 4.78 is 1.63. The minimum atomic E-state index is -0.473. The molecule has 8 heteroatoms. The van der Waals surface area contributed by atoms with E-state index in [9.17, 15) is 14.9 Å². The second kappa shape index (κ2) is 7.84. The highest BCUT2D eigenvalue weighted by atomic mass is 16.6. The van der Waals surface area contributed by atoms with Crippen LogP contribution in [-0.2, 0) is 11.3 Å². The average molecular weight is 349 g/mol. The van der Waals surface area contributed by atoms with Crippen molar-refractivity contribution < 1.29 is 9.72 Å². The summed E-state index contributed by atoms with van der Waals surface area (Å²) in [5.74, 6) is -0.289. The van der Waals surface area contributed by atoms with E-state index >= 15 is 0 Å². The molecule has 1 amide bonds. The zero-order valence-corrected chi connectivity index (χ0v) is 13.6. The van der Waals surface area contributed by atoms with Crippen LogP contribution in [0.2, 0.25) is 0 Å². The van der Waals surface area contributed by atoms with E-state index in [0.717, 1.165) is 11.3 Å². The predicted octanol–water partition coefficient (Wildman–Crippen LogP) is 2.51. The minimum absolute atomic E-state index is 0.0162. The Morgan fingerprint density at radius 1 is 1.23 bits per heavy atom. The molecule has 3 rings (SSSR count). The highest BCUT2D eigenvalue weighted by Gasteiger charge is 2.04. The fourth-order valence-electron chi connectivity index (χ4n) is 2.31. The minimum Gasteiger partial charge on any atom is -0.348 e. The number of nitrogens with zero attached hydrogens (tertiary/aromatic N) is 4. The van der Waals surface area contributed by atoms with Gasteiger partial charge in [-0.1, -0.05) is 24.3 Å². The Morgan fingerprint density at radius 2 is 2.08 bits per heavy atom. The first-order valence-corrected chi connectivity index (χ1v) is 7.76. The Morgan fingerprint density at radius 3 is 2.85 bits per heavy atom. The van der Waals surface area contributed by atoms with Crippen LogP contribution in [0.3, 0.4) is 0 Å². The van der Waals surface area contributed by atoms with E-state index in [2.05, 4.69) is 15.4 Å². The summed E-state index contributed by atoms with van der Waals surface area (Å²) in [6.07, 6.45) is 5.93. The molecular formula is C18H15N5O3. The smallest absolute Gasteiger partial charge is 0.270 e. The van der Waals surface area contributed by atoms with E-state index in [1.165, 1.54) is 30.6 Å². The average Bonchev–Trinajstić information content (AvgIpc) is 3.20. The SMILES string of the molecule is O=C(/C=C/c1cccc([N+](=O)[O-])c1)NCc1cccc(-n2cncn2)c1. The molecular weight excluding hydrogens is 334 g/mol. The first-order valence-electron chi connectivity index (χ1n) is 7.76. The molecule has 2 aromatic carbocycles. The number of amides is 1. The molecule has 0 saturated carbocycles. The summed E-state index contributed by atoms with van der Waals surface area (Å²) in [6, 6.07) is 13.6. The number of hydrogen-bond donors (Lipinski definition) is 1. The topological polar surface area (TPSA) is 103 Å². The van der Waals surface area contributed by atoms with E-state index in [-0.39, 0.29) is 11.6 Å². The molecule has 0 spiro atoms. The van der Waals surface area contributed by atoms with Crippen molar-refractivity contribution in [2.24, 2.45) is 0 Å². The highest BCUT2D eigenvalue weighted by molar-refractivity contribution is 5.91. The second-order valence-corrected chi connectivity index (χ2v) is 5.41. The van der Waals surface area contributed by atoms with E-state index in [4.69, 9.17) is 0 Å². The largest absolute Gasteiger partial charge is 0.348 e. The van der Waals surface area contributed by atoms with Crippen LogP contribution in [0.4, 0.5) is 5.69 Å². The Labute approximate surface area is 149 Å². The molecule has 130 valence electrons. The Balaban J connectivity index is 1.60. The van der Waals surface area contributed by atoms with Gasteiger partial charge in [0, 0.05) is 24.8 Å². The van der Waals surface area contributed by atoms with Crippen LogP contribution < -0.4 is 5.32 Å². The number of carbonyl (C=O) groups is 1. The van der Waals surface area contributed by atoms with Gasteiger partial charge in [0.1, 0.15) is 12.7 Å². The van der Waals surface area contributed by atoms with Gasteiger partial charge in [0.15, 0.2) is 0 Å². The zero-order valence-electron chi connectivity index (χ0n) is 13.6. The fourth-order valence-corrected chi connectivity index (χ4v) is 2.31. The van der Waals surface area contributed by atoms with Gasteiger partial charge in [0.05, 0.1) is 10.6 Å². The Kier molecular flexibility index (Phi) is 5.14. The molecule has 0 unspecified atom stereocenters. The summed E-state index contributed by atoms with van der Waals surface area (Å²) in [5, 5.41) is 17.6. The van der Waals surface area contributed by atoms with E-state index in [1.54, 1.807) is 23.1 Å². The van der Waals surface area contributed by atoms with Crippen molar-refractivity contribution in [3.8, 4) is 5.69 Å². The second-order valence-electron chi connectivity index (χ2n) is 5.41. The van der Waals surface area contributed by atoms with Crippen LogP contribution in [0, 0.1) is 10.1 Å². The molecule has 1 aromatic heterocycles. The molecule has 0 aliphatic heterocycles. The molecule has 0 aliphatic carbocycles. The lowest BCUT2D eigenvalue weighted by Crippen LogP contribution is -2.20. The number of rotatable bonds is 6. The molecule has 1 heterocycles. The van der Waals surface area contributed by atoms with Crippen LogP contribution in [0.15, 0.2) is 67.3 Å². The fraction of sp³-hybridized carbons (Fsp3) is 0.0556. The van der Waals surface area contributed by atoms with Crippen molar-refractivity contribution in [2.75, 3.05) is 0 Å². The number of carbonyl (C=O) groups excluding carboxylic acids is 1. The normalized spacial score (nSPS) is 10.8. The van der Waals surface area contributed by atoms with Gasteiger partial charge in [-0.25, -0.2) is 9.67 Å². The van der Waals surface area contributed by atoms with Gasteiger partial charge < -0.3 is 5.32 Å². The first-order chi connectivity index (χ1) is 12.6. The molecule has 3 aromatic rings. The molecule has 0 fully saturated rings. The van der Waals surface area contributed by atoms with Crippen molar-refractivity contribution in [2.45, 2.75) is 6.54 Å². The molecule has 0 atom stereocenters. The molecule has 8 nitrogen and oxygen atoms in total. The zero-order chi connectivity index (χ0) is 18.4. The van der Waals surface area contributed by atoms with Gasteiger partial charge in [-0.05, 0) is 29.3 Å². The van der Waals surface area contributed by atoms with Crippen molar-refractivity contribution in [1.82, 2.24) is 20.1 Å². The molecule has 1 N–H and O–H groups in total. The number of non-ortho nitro benzene ring substituents is 1. The van der Waals surface area contributed by atoms with Crippen LogP contribution >= 0.6 is 0 Å². The third-order valence-electron chi connectivity index (χ3n) is 3.57. The van der Waals surface area contributed by atoms with Crippen molar-refractivity contribution in [3.05, 3.63) is 88.5 Å². The summed E-state index contributed by atoms with van der Waals surface area (Å²) in [7, 11) is 0. The summed E-state index contributed by atoms with van der Waals surface area (Å²) in [4.78, 5) is 26.1. The third kappa shape index (κ3) is 4.38. The molecule has 0 saturated heterocycles. The maximum atomic E-state index is 12.0. The lowest BCUT2D eigenvalue weighted by molar-refractivity contribution is -0.384. The number of nitrogens with one attached hydrogen (secondary N) is 1. The number of hydrogen-bond acceptors (Lipinski definition) is 5. The van der Waals surface area contributed by atoms with E-state index in [1.807, 2.05) is 24.3 Å². The third-order valence-corrected chi connectivity index (χ3v) is 3.57. The van der Waals surface area contributed by atoms with Crippen LogP contribution in [-0.4, -0.2) is 25.6 Å². The maximum absolute atomic E-state index is 12.0. The lowest BCUT2D eigenvalue weighted by atomic mass is 10.2. The standard InChI is InChI=1S/C18H15N5O3/c24-18(8-7-14-3-1-6-17(9-14)23(25)26)20-11-15-4-2-5-16(10-15)22-13-19-12-21-22/h1-10,12-13H,11H2,(H,20,24)/b8-7+. The van der Waals surface area contributed by atoms with Gasteiger partial charge in [-0.15, -0.1) is 0 Å². The Hall–Kier alpha value is -3.81. The maximum Gasteiger partial charge on any atom is 0.270 e. The van der Waals surface area contributed by atoms with E-state index in [0.29, 0.717) is 12.1 Å². The number of nitro groups is 1. The van der Waals surface area contributed by atoms with Crippen LogP contribution in [0.25, 0.3) is 11.8 Å². The van der Waals surface area contributed by atoms with Gasteiger partial charge in [-0.2, -0.15) is 5.10 Å². The van der Waals surface area contributed by atoms with Crippen LogP contribution in [0.5, 0.6) is 0 Å². The first kappa shape index (κ1) is 17.0. The van der Waals surface area contributed by atoms with E-state index < -0.39 is 4.92 Å². The van der Waals surface area contributed by atoms with Gasteiger partial charge in [0.25, 0.3) is 5.69 Å². The number of benzene rings is 2. The molecule has 26 heavy (non-hydrogen) atoms. The molecule has 0 radical (unpaired) electrons. The summed E-state index contributed by atoms with van der Waals surface area (Å²) in [5.41, 5.74) is 2.33. The van der Waals surface area contributed by atoms with Gasteiger partial charge in [-0.3, -0.25) is 14.9 Å². The predicted molar refractivity (Wildman–Crippen MR) is 95.3 cm³/mol. The summed E-state index contributed by atoms with van der Waals surface area (Å²) in [6.45, 7) is 0.348. The lowest BCUT2D eigenvalue weighted by Gasteiger charge is -2.05. The van der Waals surface area contributed by atoms with Crippen molar-refractivity contribution in [3.63, 3.8) is 0 Å². The van der Waals surface area contributed by atoms with Gasteiger partial charge >= 0.3 is 0 Å². The number of nitro benzene ring substituents is 1. The van der Waals surface area contributed by atoms with Crippen LogP contribution in [0.1, 0.15) is 11.1 Å². The molecule has 0 bridgehead atoms. The quantitative estimate of drug-likeness (QED) is 0.418. The van der Waals surface area contributed by atoms with Crippen molar-refractivity contribution in [1.29, 1.82) is 0 Å².